The predicted octanol–water partition coefficient (Wildman–Crippen LogP) is 8.15. The predicted molar refractivity (Wildman–Crippen MR) is 156 cm³/mol. The summed E-state index contributed by atoms with van der Waals surface area (Å²) in [5, 5.41) is 0. The Bertz CT molecular complexity index is 1120. The average molecular weight is 521 g/mol. The molecule has 2 rings (SSSR count). The van der Waals surface area contributed by atoms with Crippen molar-refractivity contribution in [2.24, 2.45) is 0 Å². The Kier molecular flexibility index (Phi) is 11.2. The van der Waals surface area contributed by atoms with Gasteiger partial charge in [0.2, 0.25) is 0 Å². The number of ether oxygens (including phenoxy) is 2. The summed E-state index contributed by atoms with van der Waals surface area (Å²) >= 11 is 0. The molecule has 0 saturated heterocycles. The topological polar surface area (TPSA) is 52.6 Å². The van der Waals surface area contributed by atoms with E-state index in [0.29, 0.717) is 33.5 Å². The molecule has 37 heavy (non-hydrogen) atoms. The van der Waals surface area contributed by atoms with E-state index < -0.39 is 14.0 Å². The van der Waals surface area contributed by atoms with Crippen molar-refractivity contribution in [3.63, 3.8) is 0 Å². The van der Waals surface area contributed by atoms with Crippen LogP contribution in [0.4, 0.5) is 0 Å². The lowest BCUT2D eigenvalue weighted by atomic mass is 9.85. The van der Waals surface area contributed by atoms with Gasteiger partial charge in [-0.2, -0.15) is 0 Å². The molecule has 5 heteroatoms. The number of esters is 1. The van der Waals surface area contributed by atoms with Crippen molar-refractivity contribution in [2.45, 2.75) is 97.9 Å². The van der Waals surface area contributed by atoms with Crippen LogP contribution in [0.1, 0.15) is 95.3 Å². The summed E-state index contributed by atoms with van der Waals surface area (Å²) in [6, 6.07) is 10.0. The van der Waals surface area contributed by atoms with Gasteiger partial charge in [0.05, 0.1) is 18.2 Å². The number of hydrogen-bond donors (Lipinski definition) is 0. The van der Waals surface area contributed by atoms with Crippen LogP contribution < -0.4 is 4.74 Å². The number of aldehydes is 1. The van der Waals surface area contributed by atoms with E-state index in [0.717, 1.165) is 47.8 Å². The maximum atomic E-state index is 12.6. The van der Waals surface area contributed by atoms with E-state index in [-0.39, 0.29) is 6.61 Å². The van der Waals surface area contributed by atoms with Crippen molar-refractivity contribution in [1.29, 1.82) is 0 Å². The molecular formula is C32H44O4Si. The minimum atomic E-state index is -2.04. The second-order valence-corrected chi connectivity index (χ2v) is 16.2. The third kappa shape index (κ3) is 6.54. The molecule has 0 aliphatic carbocycles. The minimum absolute atomic E-state index is 0.000498. The Morgan fingerprint density at radius 1 is 1.00 bits per heavy atom. The molecule has 0 aliphatic heterocycles. The second kappa shape index (κ2) is 13.6. The van der Waals surface area contributed by atoms with Crippen LogP contribution in [0.3, 0.4) is 0 Å². The fraction of sp³-hybridized carbons (Fsp3) is 0.500. The molecule has 200 valence electrons. The summed E-state index contributed by atoms with van der Waals surface area (Å²) < 4.78 is 11.4. The van der Waals surface area contributed by atoms with Gasteiger partial charge in [0.1, 0.15) is 20.4 Å². The Labute approximate surface area is 225 Å². The largest absolute Gasteiger partial charge is 0.495 e. The zero-order valence-corrected chi connectivity index (χ0v) is 25.2. The summed E-state index contributed by atoms with van der Waals surface area (Å²) in [6.45, 7) is 17.3. The third-order valence-corrected chi connectivity index (χ3v) is 13.8. The molecule has 0 saturated carbocycles. The smallest absolute Gasteiger partial charge is 0.302 e. The fourth-order valence-electron chi connectivity index (χ4n) is 5.80. The van der Waals surface area contributed by atoms with Crippen molar-refractivity contribution < 1.29 is 19.1 Å². The van der Waals surface area contributed by atoms with E-state index in [2.05, 4.69) is 59.9 Å². The Balaban J connectivity index is 3.09. The molecule has 0 bridgehead atoms. The van der Waals surface area contributed by atoms with Gasteiger partial charge in [-0.3, -0.25) is 9.59 Å². The standard InChI is InChI=1S/C32H44O4Si/c1-10-11-17-27-28(18-19-37(22(2)3,23(4)5)24(6)7)32(35-9)29(20-33)30(21-36-25(8)34)31(27)26-15-13-12-14-16-26/h12-16,20,22-24H,10-11,17,21H2,1-9H3. The summed E-state index contributed by atoms with van der Waals surface area (Å²) in [5.41, 5.74) is 10.1. The maximum Gasteiger partial charge on any atom is 0.302 e. The molecule has 0 radical (unpaired) electrons. The fourth-order valence-corrected chi connectivity index (χ4v) is 11.0. The molecule has 0 aliphatic rings. The third-order valence-electron chi connectivity index (χ3n) is 7.56. The van der Waals surface area contributed by atoms with Gasteiger partial charge in [-0.25, -0.2) is 0 Å². The van der Waals surface area contributed by atoms with Crippen LogP contribution in [0.5, 0.6) is 5.75 Å². The molecule has 0 aromatic heterocycles. The van der Waals surface area contributed by atoms with Crippen molar-refractivity contribution in [2.75, 3.05) is 7.11 Å². The molecule has 0 heterocycles. The first-order chi connectivity index (χ1) is 17.6. The highest BCUT2D eigenvalue weighted by atomic mass is 28.3. The van der Waals surface area contributed by atoms with E-state index in [1.807, 2.05) is 30.3 Å². The quantitative estimate of drug-likeness (QED) is 0.130. The minimum Gasteiger partial charge on any atom is -0.495 e. The van der Waals surface area contributed by atoms with Crippen LogP contribution >= 0.6 is 0 Å². The van der Waals surface area contributed by atoms with Crippen molar-refractivity contribution in [1.82, 2.24) is 0 Å². The van der Waals surface area contributed by atoms with Crippen LogP contribution in [-0.2, 0) is 22.6 Å². The van der Waals surface area contributed by atoms with E-state index in [1.165, 1.54) is 6.92 Å². The molecule has 0 atom stereocenters. The van der Waals surface area contributed by atoms with Gasteiger partial charge in [-0.15, -0.1) is 5.54 Å². The van der Waals surface area contributed by atoms with E-state index in [4.69, 9.17) is 9.47 Å². The first kappa shape index (κ1) is 30.4. The molecule has 2 aromatic carbocycles. The summed E-state index contributed by atoms with van der Waals surface area (Å²) in [7, 11) is -0.452. The molecule has 4 nitrogen and oxygen atoms in total. The molecule has 2 aromatic rings. The maximum absolute atomic E-state index is 12.6. The van der Waals surface area contributed by atoms with Gasteiger partial charge in [0, 0.05) is 12.5 Å². The highest BCUT2D eigenvalue weighted by molar-refractivity contribution is 6.90. The summed E-state index contributed by atoms with van der Waals surface area (Å²) in [6.07, 6.45) is 3.58. The molecule has 0 N–H and O–H groups in total. The lowest BCUT2D eigenvalue weighted by Gasteiger charge is -2.38. The first-order valence-corrected chi connectivity index (χ1v) is 15.7. The normalized spacial score (nSPS) is 11.5. The van der Waals surface area contributed by atoms with Gasteiger partial charge in [-0.1, -0.05) is 91.1 Å². The molecule has 0 unspecified atom stereocenters. The first-order valence-electron chi connectivity index (χ1n) is 13.5. The Morgan fingerprint density at radius 3 is 2.05 bits per heavy atom. The van der Waals surface area contributed by atoms with Gasteiger partial charge < -0.3 is 9.47 Å². The number of hydrogen-bond acceptors (Lipinski definition) is 4. The van der Waals surface area contributed by atoms with Gasteiger partial charge in [0.15, 0.2) is 6.29 Å². The average Bonchev–Trinajstić information content (AvgIpc) is 2.85. The molecule has 0 fully saturated rings. The lowest BCUT2D eigenvalue weighted by Crippen LogP contribution is -2.43. The molecule has 0 amide bonds. The van der Waals surface area contributed by atoms with Crippen molar-refractivity contribution in [3.05, 3.63) is 52.6 Å². The van der Waals surface area contributed by atoms with Gasteiger partial charge in [0.25, 0.3) is 0 Å². The van der Waals surface area contributed by atoms with Crippen LogP contribution in [0, 0.1) is 11.5 Å². The number of carbonyl (C=O) groups is 2. The number of benzene rings is 2. The Hall–Kier alpha value is -2.84. The number of methoxy groups -OCH3 is 1. The highest BCUT2D eigenvalue weighted by Crippen LogP contribution is 2.43. The van der Waals surface area contributed by atoms with Crippen molar-refractivity contribution in [3.8, 4) is 28.3 Å². The van der Waals surface area contributed by atoms with E-state index in [1.54, 1.807) is 7.11 Å². The SMILES string of the molecule is CCCCc1c(C#C[Si](C(C)C)(C(C)C)C(C)C)c(OC)c(C=O)c(COC(C)=O)c1-c1ccccc1. The van der Waals surface area contributed by atoms with Crippen LogP contribution in [0.15, 0.2) is 30.3 Å². The highest BCUT2D eigenvalue weighted by Gasteiger charge is 2.42. The second-order valence-electron chi connectivity index (χ2n) is 10.7. The van der Waals surface area contributed by atoms with Crippen LogP contribution in [0.25, 0.3) is 11.1 Å². The van der Waals surface area contributed by atoms with Gasteiger partial charge in [-0.05, 0) is 46.2 Å². The zero-order valence-electron chi connectivity index (χ0n) is 24.2. The summed E-state index contributed by atoms with van der Waals surface area (Å²) in [5.74, 6) is 3.71. The lowest BCUT2D eigenvalue weighted by molar-refractivity contribution is -0.142. The number of rotatable bonds is 11. The van der Waals surface area contributed by atoms with Crippen LogP contribution in [0.2, 0.25) is 16.6 Å². The van der Waals surface area contributed by atoms with Crippen molar-refractivity contribution >= 4 is 20.3 Å². The van der Waals surface area contributed by atoms with Gasteiger partial charge >= 0.3 is 5.97 Å². The Morgan fingerprint density at radius 2 is 1.59 bits per heavy atom. The van der Waals surface area contributed by atoms with E-state index in [9.17, 15) is 9.59 Å². The summed E-state index contributed by atoms with van der Waals surface area (Å²) in [4.78, 5) is 24.4. The molecule has 0 spiro atoms. The number of carbonyl (C=O) groups excluding carboxylic acids is 2. The van der Waals surface area contributed by atoms with Crippen LogP contribution in [-0.4, -0.2) is 27.4 Å². The zero-order chi connectivity index (χ0) is 27.8. The van der Waals surface area contributed by atoms with E-state index >= 15 is 0 Å². The molecular weight excluding hydrogens is 476 g/mol. The monoisotopic (exact) mass is 520 g/mol. The number of unbranched alkanes of at least 4 members (excludes halogenated alkanes) is 1.